The van der Waals surface area contributed by atoms with Gasteiger partial charge in [-0.3, -0.25) is 4.90 Å². The van der Waals surface area contributed by atoms with Crippen LogP contribution in [0.25, 0.3) is 0 Å². The van der Waals surface area contributed by atoms with E-state index in [1.54, 1.807) is 4.31 Å². The Morgan fingerprint density at radius 1 is 1.00 bits per heavy atom. The van der Waals surface area contributed by atoms with Gasteiger partial charge in [0.1, 0.15) is 0 Å². The summed E-state index contributed by atoms with van der Waals surface area (Å²) in [7, 11) is -2.95. The molecule has 0 aromatic rings. The van der Waals surface area contributed by atoms with Gasteiger partial charge in [-0.25, -0.2) is 12.7 Å². The number of rotatable bonds is 3. The van der Waals surface area contributed by atoms with E-state index in [1.807, 2.05) is 0 Å². The SMILES string of the molecule is Cl.O=S(=O)(C1CC1)N1CCC(N2CCNCC2)C1. The van der Waals surface area contributed by atoms with Crippen molar-refractivity contribution in [3.05, 3.63) is 0 Å². The lowest BCUT2D eigenvalue weighted by Gasteiger charge is -2.32. The molecule has 1 N–H and O–H groups in total. The monoisotopic (exact) mass is 295 g/mol. The molecule has 3 rings (SSSR count). The Morgan fingerprint density at radius 3 is 2.28 bits per heavy atom. The van der Waals surface area contributed by atoms with Gasteiger partial charge >= 0.3 is 0 Å². The van der Waals surface area contributed by atoms with Gasteiger partial charge in [-0.2, -0.15) is 0 Å². The Labute approximate surface area is 115 Å². The van der Waals surface area contributed by atoms with Gasteiger partial charge in [0.2, 0.25) is 10.0 Å². The average Bonchev–Trinajstić information content (AvgIpc) is 3.08. The molecule has 2 heterocycles. The first-order valence-corrected chi connectivity index (χ1v) is 8.12. The molecule has 0 amide bonds. The number of nitrogens with zero attached hydrogens (tertiary/aromatic N) is 2. The first kappa shape index (κ1) is 14.5. The third-order valence-corrected chi connectivity index (χ3v) is 6.46. The van der Waals surface area contributed by atoms with Crippen LogP contribution in [0.15, 0.2) is 0 Å². The predicted molar refractivity (Wildman–Crippen MR) is 73.6 cm³/mol. The first-order valence-electron chi connectivity index (χ1n) is 6.61. The topological polar surface area (TPSA) is 52.7 Å². The van der Waals surface area contributed by atoms with Crippen LogP contribution < -0.4 is 5.32 Å². The zero-order valence-corrected chi connectivity index (χ0v) is 12.2. The highest BCUT2D eigenvalue weighted by Crippen LogP contribution is 2.33. The van der Waals surface area contributed by atoms with Crippen LogP contribution in [0.3, 0.4) is 0 Å². The number of hydrogen-bond acceptors (Lipinski definition) is 4. The lowest BCUT2D eigenvalue weighted by molar-refractivity contribution is 0.179. The van der Waals surface area contributed by atoms with Crippen molar-refractivity contribution in [2.45, 2.75) is 30.6 Å². The van der Waals surface area contributed by atoms with Crippen LogP contribution >= 0.6 is 12.4 Å². The van der Waals surface area contributed by atoms with E-state index in [1.165, 1.54) is 0 Å². The van der Waals surface area contributed by atoms with Crippen molar-refractivity contribution in [2.24, 2.45) is 0 Å². The fourth-order valence-electron chi connectivity index (χ4n) is 2.86. The van der Waals surface area contributed by atoms with Gasteiger partial charge in [0.15, 0.2) is 0 Å². The Bertz CT molecular complexity index is 380. The summed E-state index contributed by atoms with van der Waals surface area (Å²) in [4.78, 5) is 2.44. The molecule has 1 unspecified atom stereocenters. The minimum Gasteiger partial charge on any atom is -0.314 e. The van der Waals surface area contributed by atoms with Crippen molar-refractivity contribution in [3.63, 3.8) is 0 Å². The standard InChI is InChI=1S/C11H21N3O2S.ClH/c15-17(16,11-1-2-11)14-6-3-10(9-14)13-7-4-12-5-8-13;/h10-12H,1-9H2;1H. The molecule has 18 heavy (non-hydrogen) atoms. The van der Waals surface area contributed by atoms with E-state index in [0.717, 1.165) is 58.5 Å². The first-order chi connectivity index (χ1) is 8.18. The normalized spacial score (nSPS) is 31.2. The minimum absolute atomic E-state index is 0. The molecule has 0 radical (unpaired) electrons. The lowest BCUT2D eigenvalue weighted by atomic mass is 10.2. The summed E-state index contributed by atoms with van der Waals surface area (Å²) >= 11 is 0. The molecule has 2 saturated heterocycles. The van der Waals surface area contributed by atoms with Crippen LogP contribution in [0, 0.1) is 0 Å². The van der Waals surface area contributed by atoms with Crippen LogP contribution in [0.4, 0.5) is 0 Å². The number of sulfonamides is 1. The molecule has 7 heteroatoms. The van der Waals surface area contributed by atoms with Crippen LogP contribution in [-0.4, -0.2) is 68.2 Å². The van der Waals surface area contributed by atoms with Crippen molar-refractivity contribution in [3.8, 4) is 0 Å². The Hall–Kier alpha value is 0.120. The summed E-state index contributed by atoms with van der Waals surface area (Å²) in [6.45, 7) is 5.63. The van der Waals surface area contributed by atoms with Crippen LogP contribution in [-0.2, 0) is 10.0 Å². The molecule has 0 bridgehead atoms. The van der Waals surface area contributed by atoms with Gasteiger partial charge in [-0.05, 0) is 19.3 Å². The second-order valence-corrected chi connectivity index (χ2v) is 7.54. The van der Waals surface area contributed by atoms with E-state index in [0.29, 0.717) is 6.04 Å². The highest BCUT2D eigenvalue weighted by Gasteiger charge is 2.43. The summed E-state index contributed by atoms with van der Waals surface area (Å²) in [5.74, 6) is 0. The fourth-order valence-corrected chi connectivity index (χ4v) is 4.76. The molecule has 3 fully saturated rings. The molecule has 106 valence electrons. The van der Waals surface area contributed by atoms with Crippen molar-refractivity contribution >= 4 is 22.4 Å². The lowest BCUT2D eigenvalue weighted by Crippen LogP contribution is -2.49. The maximum Gasteiger partial charge on any atom is 0.217 e. The number of hydrogen-bond donors (Lipinski definition) is 1. The predicted octanol–water partition coefficient (Wildman–Crippen LogP) is -0.120. The van der Waals surface area contributed by atoms with E-state index in [2.05, 4.69) is 10.2 Å². The van der Waals surface area contributed by atoms with Gasteiger partial charge in [-0.15, -0.1) is 12.4 Å². The Morgan fingerprint density at radius 2 is 1.67 bits per heavy atom. The van der Waals surface area contributed by atoms with Gasteiger partial charge in [0.25, 0.3) is 0 Å². The maximum absolute atomic E-state index is 12.1. The van der Waals surface area contributed by atoms with E-state index in [-0.39, 0.29) is 17.7 Å². The third-order valence-electron chi connectivity index (χ3n) is 4.10. The maximum atomic E-state index is 12.1. The molecule has 3 aliphatic rings. The molecule has 2 aliphatic heterocycles. The van der Waals surface area contributed by atoms with Gasteiger partial charge in [-0.1, -0.05) is 0 Å². The Kier molecular flexibility index (Phi) is 4.54. The zero-order chi connectivity index (χ0) is 11.9. The summed E-state index contributed by atoms with van der Waals surface area (Å²) in [5.41, 5.74) is 0. The van der Waals surface area contributed by atoms with E-state index >= 15 is 0 Å². The zero-order valence-electron chi connectivity index (χ0n) is 10.5. The molecule has 0 aromatic carbocycles. The molecular formula is C11H22ClN3O2S. The summed E-state index contributed by atoms with van der Waals surface area (Å²) in [6.07, 6.45) is 2.75. The second-order valence-electron chi connectivity index (χ2n) is 5.33. The number of piperazine rings is 1. The molecule has 5 nitrogen and oxygen atoms in total. The second kappa shape index (κ2) is 5.63. The molecule has 1 atom stereocenters. The quantitative estimate of drug-likeness (QED) is 0.789. The largest absolute Gasteiger partial charge is 0.314 e. The summed E-state index contributed by atoms with van der Waals surface area (Å²) in [6, 6.07) is 0.450. The minimum atomic E-state index is -2.95. The third kappa shape index (κ3) is 2.82. The number of halogens is 1. The van der Waals surface area contributed by atoms with Gasteiger partial charge in [0, 0.05) is 45.3 Å². The smallest absolute Gasteiger partial charge is 0.217 e. The van der Waals surface area contributed by atoms with Crippen LogP contribution in [0.5, 0.6) is 0 Å². The summed E-state index contributed by atoms with van der Waals surface area (Å²) < 4.78 is 26.0. The molecule has 0 spiro atoms. The van der Waals surface area contributed by atoms with Crippen molar-refractivity contribution in [1.29, 1.82) is 0 Å². The van der Waals surface area contributed by atoms with Gasteiger partial charge < -0.3 is 5.32 Å². The van der Waals surface area contributed by atoms with E-state index in [9.17, 15) is 8.42 Å². The average molecular weight is 296 g/mol. The molecule has 1 saturated carbocycles. The van der Waals surface area contributed by atoms with E-state index < -0.39 is 10.0 Å². The van der Waals surface area contributed by atoms with Crippen molar-refractivity contribution < 1.29 is 8.42 Å². The highest BCUT2D eigenvalue weighted by molar-refractivity contribution is 7.90. The summed E-state index contributed by atoms with van der Waals surface area (Å²) in [5, 5.41) is 3.28. The molecule has 0 aromatic heterocycles. The Balaban J connectivity index is 0.00000120. The van der Waals surface area contributed by atoms with Crippen LogP contribution in [0.2, 0.25) is 0 Å². The molecule has 1 aliphatic carbocycles. The van der Waals surface area contributed by atoms with Crippen LogP contribution in [0.1, 0.15) is 19.3 Å². The van der Waals surface area contributed by atoms with Crippen molar-refractivity contribution in [2.75, 3.05) is 39.3 Å². The van der Waals surface area contributed by atoms with E-state index in [4.69, 9.17) is 0 Å². The highest BCUT2D eigenvalue weighted by atomic mass is 35.5. The van der Waals surface area contributed by atoms with Gasteiger partial charge in [0.05, 0.1) is 5.25 Å². The fraction of sp³-hybridized carbons (Fsp3) is 1.00. The molecular weight excluding hydrogens is 274 g/mol. The number of nitrogens with one attached hydrogen (secondary N) is 1. The van der Waals surface area contributed by atoms with Crippen molar-refractivity contribution in [1.82, 2.24) is 14.5 Å².